The molecule has 2 heterocycles. The van der Waals surface area contributed by atoms with Crippen LogP contribution in [-0.4, -0.2) is 16.3 Å². The first kappa shape index (κ1) is 11.2. The Kier molecular flexibility index (Phi) is 2.52. The quantitative estimate of drug-likeness (QED) is 0.876. The second-order valence-electron chi connectivity index (χ2n) is 5.01. The van der Waals surface area contributed by atoms with Gasteiger partial charge in [0.1, 0.15) is 4.60 Å². The molecule has 1 aliphatic rings. The smallest absolute Gasteiger partial charge is 0.135 e. The van der Waals surface area contributed by atoms with Gasteiger partial charge in [0.05, 0.1) is 5.52 Å². The van der Waals surface area contributed by atoms with Gasteiger partial charge in [-0.15, -0.1) is 0 Å². The average Bonchev–Trinajstić information content (AvgIpc) is 2.86. The minimum absolute atomic E-state index is 0.128. The fourth-order valence-corrected chi connectivity index (χ4v) is 3.26. The Balaban J connectivity index is 2.16. The molecule has 0 saturated carbocycles. The minimum atomic E-state index is 0.128. The first-order valence-electron chi connectivity index (χ1n) is 5.98. The molecule has 17 heavy (non-hydrogen) atoms. The summed E-state index contributed by atoms with van der Waals surface area (Å²) in [6, 6.07) is 6.63. The van der Waals surface area contributed by atoms with Crippen molar-refractivity contribution >= 4 is 26.8 Å². The van der Waals surface area contributed by atoms with Crippen LogP contribution in [0.25, 0.3) is 10.9 Å². The maximum atomic E-state index is 4.39. The molecule has 1 aliphatic heterocycles. The van der Waals surface area contributed by atoms with Gasteiger partial charge in [-0.1, -0.05) is 6.07 Å². The molecular weight excluding hydrogens is 278 g/mol. The lowest BCUT2D eigenvalue weighted by Gasteiger charge is -2.25. The highest BCUT2D eigenvalue weighted by atomic mass is 79.9. The molecule has 4 heteroatoms. The Morgan fingerprint density at radius 1 is 1.47 bits per heavy atom. The molecule has 0 bridgehead atoms. The highest BCUT2D eigenvalue weighted by molar-refractivity contribution is 9.10. The number of nitrogens with zero attached hydrogens (tertiary/aromatic N) is 2. The number of benzene rings is 1. The summed E-state index contributed by atoms with van der Waals surface area (Å²) in [5.41, 5.74) is 2.65. The van der Waals surface area contributed by atoms with Gasteiger partial charge in [0, 0.05) is 18.0 Å². The first-order valence-corrected chi connectivity index (χ1v) is 6.77. The summed E-state index contributed by atoms with van der Waals surface area (Å²) in [6.45, 7) is 3.40. The van der Waals surface area contributed by atoms with Crippen LogP contribution in [0.3, 0.4) is 0 Å². The van der Waals surface area contributed by atoms with Crippen molar-refractivity contribution in [3.05, 3.63) is 28.4 Å². The van der Waals surface area contributed by atoms with Crippen molar-refractivity contribution in [2.24, 2.45) is 7.05 Å². The Morgan fingerprint density at radius 3 is 3.00 bits per heavy atom. The molecule has 1 atom stereocenters. The predicted molar refractivity (Wildman–Crippen MR) is 73.0 cm³/mol. The molecule has 1 aromatic heterocycles. The Hall–Kier alpha value is -0.870. The van der Waals surface area contributed by atoms with Crippen LogP contribution in [0.2, 0.25) is 0 Å². The summed E-state index contributed by atoms with van der Waals surface area (Å²) < 4.78 is 2.84. The Labute approximate surface area is 109 Å². The molecule has 1 unspecified atom stereocenters. The third-order valence-corrected chi connectivity index (χ3v) is 4.40. The number of nitrogens with one attached hydrogen (secondary N) is 1. The SMILES string of the molecule is Cn1nc(Br)c2cc(C3(C)CCCN3)ccc21. The molecular formula is C13H16BrN3. The molecule has 0 radical (unpaired) electrons. The summed E-state index contributed by atoms with van der Waals surface area (Å²) >= 11 is 3.53. The van der Waals surface area contributed by atoms with Gasteiger partial charge in [0.25, 0.3) is 0 Å². The molecule has 0 spiro atoms. The van der Waals surface area contributed by atoms with Crippen LogP contribution in [0.4, 0.5) is 0 Å². The van der Waals surface area contributed by atoms with E-state index >= 15 is 0 Å². The number of rotatable bonds is 1. The third kappa shape index (κ3) is 1.70. The summed E-state index contributed by atoms with van der Waals surface area (Å²) in [6.07, 6.45) is 2.46. The standard InChI is InChI=1S/C13H16BrN3/c1-13(6-3-7-15-13)9-4-5-11-10(8-9)12(14)16-17(11)2/h4-5,8,15H,3,6-7H2,1-2H3. The lowest BCUT2D eigenvalue weighted by molar-refractivity contribution is 0.435. The Bertz CT molecular complexity index is 567. The van der Waals surface area contributed by atoms with Crippen molar-refractivity contribution in [3.8, 4) is 0 Å². The van der Waals surface area contributed by atoms with E-state index in [0.29, 0.717) is 0 Å². The van der Waals surface area contributed by atoms with Gasteiger partial charge in [0.15, 0.2) is 0 Å². The van der Waals surface area contributed by atoms with Gasteiger partial charge in [-0.3, -0.25) is 4.68 Å². The first-order chi connectivity index (χ1) is 8.10. The minimum Gasteiger partial charge on any atom is -0.308 e. The number of halogens is 1. The molecule has 0 amide bonds. The second kappa shape index (κ2) is 3.82. The predicted octanol–water partition coefficient (Wildman–Crippen LogP) is 2.93. The van der Waals surface area contributed by atoms with E-state index in [4.69, 9.17) is 0 Å². The fraction of sp³-hybridized carbons (Fsp3) is 0.462. The number of fused-ring (bicyclic) bond motifs is 1. The van der Waals surface area contributed by atoms with Gasteiger partial charge in [-0.25, -0.2) is 0 Å². The van der Waals surface area contributed by atoms with Crippen LogP contribution in [0.15, 0.2) is 22.8 Å². The lowest BCUT2D eigenvalue weighted by atomic mass is 9.90. The van der Waals surface area contributed by atoms with Crippen LogP contribution in [0.1, 0.15) is 25.3 Å². The van der Waals surface area contributed by atoms with Crippen LogP contribution in [0.5, 0.6) is 0 Å². The van der Waals surface area contributed by atoms with E-state index in [1.807, 2.05) is 11.7 Å². The van der Waals surface area contributed by atoms with E-state index in [0.717, 1.165) is 11.1 Å². The molecule has 2 aromatic rings. The summed E-state index contributed by atoms with van der Waals surface area (Å²) in [4.78, 5) is 0. The topological polar surface area (TPSA) is 29.9 Å². The van der Waals surface area contributed by atoms with Crippen molar-refractivity contribution in [1.82, 2.24) is 15.1 Å². The summed E-state index contributed by atoms with van der Waals surface area (Å²) in [5.74, 6) is 0. The van der Waals surface area contributed by atoms with E-state index in [9.17, 15) is 0 Å². The highest BCUT2D eigenvalue weighted by Gasteiger charge is 2.30. The zero-order chi connectivity index (χ0) is 12.0. The molecule has 3 rings (SSSR count). The van der Waals surface area contributed by atoms with E-state index in [1.165, 1.54) is 29.3 Å². The lowest BCUT2D eigenvalue weighted by Crippen LogP contribution is -2.32. The maximum absolute atomic E-state index is 4.39. The van der Waals surface area contributed by atoms with Crippen LogP contribution in [0, 0.1) is 0 Å². The van der Waals surface area contributed by atoms with Crippen molar-refractivity contribution in [2.75, 3.05) is 6.54 Å². The number of aromatic nitrogens is 2. The van der Waals surface area contributed by atoms with Crippen molar-refractivity contribution in [2.45, 2.75) is 25.3 Å². The van der Waals surface area contributed by atoms with E-state index in [-0.39, 0.29) is 5.54 Å². The van der Waals surface area contributed by atoms with E-state index in [1.54, 1.807) is 0 Å². The maximum Gasteiger partial charge on any atom is 0.135 e. The van der Waals surface area contributed by atoms with Crippen LogP contribution < -0.4 is 5.32 Å². The van der Waals surface area contributed by atoms with Gasteiger partial charge < -0.3 is 5.32 Å². The largest absolute Gasteiger partial charge is 0.308 e. The van der Waals surface area contributed by atoms with Crippen LogP contribution in [-0.2, 0) is 12.6 Å². The molecule has 1 aromatic carbocycles. The van der Waals surface area contributed by atoms with Crippen molar-refractivity contribution in [1.29, 1.82) is 0 Å². The van der Waals surface area contributed by atoms with Crippen molar-refractivity contribution in [3.63, 3.8) is 0 Å². The summed E-state index contributed by atoms with van der Waals surface area (Å²) in [5, 5.41) is 9.19. The third-order valence-electron chi connectivity index (χ3n) is 3.81. The highest BCUT2D eigenvalue weighted by Crippen LogP contribution is 2.33. The fourth-order valence-electron chi connectivity index (χ4n) is 2.71. The van der Waals surface area contributed by atoms with Crippen LogP contribution >= 0.6 is 15.9 Å². The van der Waals surface area contributed by atoms with Gasteiger partial charge in [-0.2, -0.15) is 5.10 Å². The average molecular weight is 294 g/mol. The molecule has 1 fully saturated rings. The van der Waals surface area contributed by atoms with E-state index in [2.05, 4.69) is 51.5 Å². The zero-order valence-electron chi connectivity index (χ0n) is 10.1. The monoisotopic (exact) mass is 293 g/mol. The van der Waals surface area contributed by atoms with Crippen molar-refractivity contribution < 1.29 is 0 Å². The van der Waals surface area contributed by atoms with Gasteiger partial charge in [0.2, 0.25) is 0 Å². The normalized spacial score (nSPS) is 24.6. The zero-order valence-corrected chi connectivity index (χ0v) is 11.7. The molecule has 1 saturated heterocycles. The number of hydrogen-bond donors (Lipinski definition) is 1. The molecule has 1 N–H and O–H groups in total. The molecule has 0 aliphatic carbocycles. The Morgan fingerprint density at radius 2 is 2.29 bits per heavy atom. The van der Waals surface area contributed by atoms with E-state index < -0.39 is 0 Å². The van der Waals surface area contributed by atoms with Gasteiger partial charge in [-0.05, 0) is 59.9 Å². The second-order valence-corrected chi connectivity index (χ2v) is 5.76. The molecule has 3 nitrogen and oxygen atoms in total. The summed E-state index contributed by atoms with van der Waals surface area (Å²) in [7, 11) is 1.97. The van der Waals surface area contributed by atoms with Gasteiger partial charge >= 0.3 is 0 Å². The molecule has 90 valence electrons. The number of hydrogen-bond acceptors (Lipinski definition) is 2. The number of aryl methyl sites for hydroxylation is 1.